The summed E-state index contributed by atoms with van der Waals surface area (Å²) in [4.78, 5) is 0. The highest BCUT2D eigenvalue weighted by atomic mass is 31.2. The van der Waals surface area contributed by atoms with Crippen molar-refractivity contribution in [1.29, 1.82) is 0 Å². The van der Waals surface area contributed by atoms with Gasteiger partial charge in [-0.3, -0.25) is 4.57 Å². The molecule has 0 rings (SSSR count). The van der Waals surface area contributed by atoms with E-state index in [0.29, 0.717) is 12.8 Å². The lowest BCUT2D eigenvalue weighted by atomic mass is 10.3. The SMILES string of the molecule is C=CCCCP(=O)(CCC)OCCC. The van der Waals surface area contributed by atoms with E-state index in [-0.39, 0.29) is 0 Å². The third kappa shape index (κ3) is 6.39. The number of hydrogen-bond acceptors (Lipinski definition) is 2. The van der Waals surface area contributed by atoms with Crippen molar-refractivity contribution in [2.24, 2.45) is 0 Å². The number of rotatable bonds is 9. The molecule has 0 amide bonds. The molecule has 0 aliphatic rings. The van der Waals surface area contributed by atoms with Crippen molar-refractivity contribution in [3.05, 3.63) is 12.7 Å². The molecule has 0 spiro atoms. The third-order valence-electron chi connectivity index (χ3n) is 2.00. The lowest BCUT2D eigenvalue weighted by molar-refractivity contribution is 0.312. The average molecular weight is 218 g/mol. The van der Waals surface area contributed by atoms with Crippen molar-refractivity contribution in [2.45, 2.75) is 39.5 Å². The van der Waals surface area contributed by atoms with Crippen molar-refractivity contribution >= 4 is 7.37 Å². The van der Waals surface area contributed by atoms with Gasteiger partial charge in [-0.25, -0.2) is 0 Å². The fourth-order valence-electron chi connectivity index (χ4n) is 1.32. The van der Waals surface area contributed by atoms with E-state index in [1.54, 1.807) is 0 Å². The molecule has 0 saturated carbocycles. The zero-order chi connectivity index (χ0) is 10.9. The Morgan fingerprint density at radius 3 is 2.50 bits per heavy atom. The summed E-state index contributed by atoms with van der Waals surface area (Å²) in [5, 5.41) is 0. The second-order valence-electron chi connectivity index (χ2n) is 3.53. The van der Waals surface area contributed by atoms with Crippen LogP contribution in [0.2, 0.25) is 0 Å². The molecule has 0 saturated heterocycles. The van der Waals surface area contributed by atoms with E-state index in [2.05, 4.69) is 13.5 Å². The molecule has 0 aromatic rings. The first-order valence-electron chi connectivity index (χ1n) is 5.52. The molecule has 0 aromatic carbocycles. The summed E-state index contributed by atoms with van der Waals surface area (Å²) in [6.07, 6.45) is 7.06. The Kier molecular flexibility index (Phi) is 8.21. The van der Waals surface area contributed by atoms with Crippen LogP contribution in [0.1, 0.15) is 39.5 Å². The number of hydrogen-bond donors (Lipinski definition) is 0. The highest BCUT2D eigenvalue weighted by Crippen LogP contribution is 2.48. The van der Waals surface area contributed by atoms with Crippen molar-refractivity contribution in [1.82, 2.24) is 0 Å². The zero-order valence-electron chi connectivity index (χ0n) is 9.50. The molecule has 0 aliphatic carbocycles. The lowest BCUT2D eigenvalue weighted by Crippen LogP contribution is -2.00. The number of allylic oxidation sites excluding steroid dienone is 1. The van der Waals surface area contributed by atoms with Crippen molar-refractivity contribution in [3.63, 3.8) is 0 Å². The summed E-state index contributed by atoms with van der Waals surface area (Å²) >= 11 is 0. The fourth-order valence-corrected chi connectivity index (χ4v) is 3.66. The molecule has 2 nitrogen and oxygen atoms in total. The molecule has 84 valence electrons. The highest BCUT2D eigenvalue weighted by Gasteiger charge is 2.20. The van der Waals surface area contributed by atoms with E-state index < -0.39 is 7.37 Å². The van der Waals surface area contributed by atoms with Crippen LogP contribution in [0, 0.1) is 0 Å². The summed E-state index contributed by atoms with van der Waals surface area (Å²) in [5.41, 5.74) is 0. The maximum atomic E-state index is 12.2. The first-order valence-corrected chi connectivity index (χ1v) is 7.51. The quantitative estimate of drug-likeness (QED) is 0.331. The lowest BCUT2D eigenvalue weighted by Gasteiger charge is -2.17. The molecule has 0 radical (unpaired) electrons. The molecule has 3 heteroatoms. The molecular weight excluding hydrogens is 195 g/mol. The molecule has 1 atom stereocenters. The Bertz CT molecular complexity index is 190. The van der Waals surface area contributed by atoms with E-state index in [0.717, 1.165) is 31.8 Å². The van der Waals surface area contributed by atoms with Gasteiger partial charge in [0.2, 0.25) is 7.37 Å². The Morgan fingerprint density at radius 2 is 2.00 bits per heavy atom. The molecule has 0 N–H and O–H groups in total. The Labute approximate surface area is 88.2 Å². The third-order valence-corrected chi connectivity index (χ3v) is 4.78. The summed E-state index contributed by atoms with van der Waals surface area (Å²) in [6.45, 7) is 8.38. The van der Waals surface area contributed by atoms with E-state index >= 15 is 0 Å². The normalized spacial score (nSPS) is 15.0. The molecule has 0 aliphatic heterocycles. The minimum atomic E-state index is -2.31. The van der Waals surface area contributed by atoms with E-state index in [4.69, 9.17) is 4.52 Å². The predicted molar refractivity (Wildman–Crippen MR) is 63.3 cm³/mol. The largest absolute Gasteiger partial charge is 0.328 e. The van der Waals surface area contributed by atoms with Gasteiger partial charge >= 0.3 is 0 Å². The minimum absolute atomic E-state index is 0.630. The second-order valence-corrected chi connectivity index (χ2v) is 6.31. The van der Waals surface area contributed by atoms with Crippen LogP contribution in [-0.2, 0) is 9.09 Å². The van der Waals surface area contributed by atoms with Gasteiger partial charge in [-0.1, -0.05) is 19.9 Å². The van der Waals surface area contributed by atoms with Gasteiger partial charge in [-0.05, 0) is 25.7 Å². The summed E-state index contributed by atoms with van der Waals surface area (Å²) in [5.74, 6) is 0. The van der Waals surface area contributed by atoms with Crippen LogP contribution in [0.25, 0.3) is 0 Å². The van der Waals surface area contributed by atoms with E-state index in [1.807, 2.05) is 13.0 Å². The molecule has 1 unspecified atom stereocenters. The van der Waals surface area contributed by atoms with Gasteiger partial charge in [-0.15, -0.1) is 6.58 Å². The van der Waals surface area contributed by atoms with Gasteiger partial charge in [0.1, 0.15) is 0 Å². The van der Waals surface area contributed by atoms with Crippen molar-refractivity contribution < 1.29 is 9.09 Å². The van der Waals surface area contributed by atoms with Crippen LogP contribution < -0.4 is 0 Å². The van der Waals surface area contributed by atoms with Crippen LogP contribution >= 0.6 is 7.37 Å². The summed E-state index contributed by atoms with van der Waals surface area (Å²) < 4.78 is 17.7. The highest BCUT2D eigenvalue weighted by molar-refractivity contribution is 7.58. The molecule has 0 aromatic heterocycles. The van der Waals surface area contributed by atoms with Crippen LogP contribution in [-0.4, -0.2) is 18.9 Å². The monoisotopic (exact) mass is 218 g/mol. The van der Waals surface area contributed by atoms with Crippen LogP contribution in [0.5, 0.6) is 0 Å². The van der Waals surface area contributed by atoms with Crippen LogP contribution in [0.4, 0.5) is 0 Å². The smallest absolute Gasteiger partial charge is 0.203 e. The maximum absolute atomic E-state index is 12.2. The molecule has 0 bridgehead atoms. The fraction of sp³-hybridized carbons (Fsp3) is 0.818. The van der Waals surface area contributed by atoms with Crippen LogP contribution in [0.3, 0.4) is 0 Å². The van der Waals surface area contributed by atoms with Gasteiger partial charge in [0.15, 0.2) is 0 Å². The number of unbranched alkanes of at least 4 members (excludes halogenated alkanes) is 1. The van der Waals surface area contributed by atoms with Gasteiger partial charge < -0.3 is 4.52 Å². The second kappa shape index (κ2) is 8.26. The first kappa shape index (κ1) is 13.9. The van der Waals surface area contributed by atoms with Gasteiger partial charge in [0.25, 0.3) is 0 Å². The minimum Gasteiger partial charge on any atom is -0.328 e. The maximum Gasteiger partial charge on any atom is 0.203 e. The topological polar surface area (TPSA) is 26.3 Å². The standard InChI is InChI=1S/C11H23O2P/c1-4-7-8-11-14(12,10-6-3)13-9-5-2/h4H,1,5-11H2,2-3H3. The van der Waals surface area contributed by atoms with Gasteiger partial charge in [-0.2, -0.15) is 0 Å². The molecule has 14 heavy (non-hydrogen) atoms. The van der Waals surface area contributed by atoms with Gasteiger partial charge in [0.05, 0.1) is 6.61 Å². The summed E-state index contributed by atoms with van der Waals surface area (Å²) in [6, 6.07) is 0. The average Bonchev–Trinajstić information content (AvgIpc) is 2.16. The van der Waals surface area contributed by atoms with Crippen molar-refractivity contribution in [3.8, 4) is 0 Å². The Hall–Kier alpha value is -0.0700. The summed E-state index contributed by atoms with van der Waals surface area (Å²) in [7, 11) is -2.31. The van der Waals surface area contributed by atoms with Crippen LogP contribution in [0.15, 0.2) is 12.7 Å². The molecule has 0 heterocycles. The Morgan fingerprint density at radius 1 is 1.29 bits per heavy atom. The molecular formula is C11H23O2P. The molecule has 0 fully saturated rings. The van der Waals surface area contributed by atoms with E-state index in [9.17, 15) is 4.57 Å². The Balaban J connectivity index is 3.95. The predicted octanol–water partition coefficient (Wildman–Crippen LogP) is 4.07. The van der Waals surface area contributed by atoms with Crippen molar-refractivity contribution in [2.75, 3.05) is 18.9 Å². The first-order chi connectivity index (χ1) is 6.68. The van der Waals surface area contributed by atoms with Gasteiger partial charge in [0, 0.05) is 12.3 Å². The zero-order valence-corrected chi connectivity index (χ0v) is 10.4. The van der Waals surface area contributed by atoms with E-state index in [1.165, 1.54) is 0 Å².